The molecule has 98 valence electrons. The highest BCUT2D eigenvalue weighted by molar-refractivity contribution is 7.11. The topological polar surface area (TPSA) is 55.1 Å². The van der Waals surface area contributed by atoms with Crippen molar-refractivity contribution in [1.29, 1.82) is 0 Å². The van der Waals surface area contributed by atoms with E-state index in [0.29, 0.717) is 0 Å². The first-order valence-electron chi connectivity index (χ1n) is 6.18. The van der Waals surface area contributed by atoms with E-state index in [9.17, 15) is 0 Å². The lowest BCUT2D eigenvalue weighted by atomic mass is 10.4. The van der Waals surface area contributed by atoms with Crippen molar-refractivity contribution in [2.24, 2.45) is 0 Å². The first kappa shape index (κ1) is 12.1. The molecule has 0 radical (unpaired) electrons. The van der Waals surface area contributed by atoms with Crippen molar-refractivity contribution in [2.45, 2.75) is 20.3 Å². The highest BCUT2D eigenvalue weighted by Gasteiger charge is 2.05. The zero-order valence-electron chi connectivity index (χ0n) is 10.9. The molecule has 0 aliphatic carbocycles. The van der Waals surface area contributed by atoms with Crippen molar-refractivity contribution in [3.8, 4) is 0 Å². The van der Waals surface area contributed by atoms with E-state index in [-0.39, 0.29) is 0 Å². The maximum absolute atomic E-state index is 4.37. The van der Waals surface area contributed by atoms with Gasteiger partial charge in [0.25, 0.3) is 0 Å². The van der Waals surface area contributed by atoms with Crippen molar-refractivity contribution in [1.82, 2.24) is 19.6 Å². The summed E-state index contributed by atoms with van der Waals surface area (Å²) in [6.45, 7) is 4.88. The number of hydrogen-bond acceptors (Lipinski definition) is 5. The van der Waals surface area contributed by atoms with Crippen molar-refractivity contribution in [2.75, 3.05) is 11.9 Å². The zero-order valence-corrected chi connectivity index (χ0v) is 11.7. The lowest BCUT2D eigenvalue weighted by Crippen LogP contribution is -2.07. The summed E-state index contributed by atoms with van der Waals surface area (Å²) in [5.74, 6) is 0.872. The molecule has 0 spiro atoms. The molecule has 6 heteroatoms. The highest BCUT2D eigenvalue weighted by atomic mass is 32.1. The Labute approximate surface area is 115 Å². The van der Waals surface area contributed by atoms with E-state index in [1.54, 1.807) is 17.5 Å². The third-order valence-corrected chi connectivity index (χ3v) is 3.79. The SMILES string of the molecule is Cc1cc2c(NCCc3ncc(C)s3)nccn2n1. The maximum Gasteiger partial charge on any atom is 0.152 e. The molecular formula is C13H15N5S. The molecule has 3 aromatic rings. The average molecular weight is 273 g/mol. The molecule has 3 aromatic heterocycles. The number of rotatable bonds is 4. The van der Waals surface area contributed by atoms with Crippen LogP contribution >= 0.6 is 11.3 Å². The van der Waals surface area contributed by atoms with E-state index < -0.39 is 0 Å². The van der Waals surface area contributed by atoms with Crippen LogP contribution < -0.4 is 5.32 Å². The molecule has 3 rings (SSSR count). The fourth-order valence-electron chi connectivity index (χ4n) is 1.99. The highest BCUT2D eigenvalue weighted by Crippen LogP contribution is 2.15. The molecule has 0 bridgehead atoms. The molecule has 19 heavy (non-hydrogen) atoms. The number of aryl methyl sites for hydroxylation is 2. The van der Waals surface area contributed by atoms with Gasteiger partial charge in [0.1, 0.15) is 5.52 Å². The summed E-state index contributed by atoms with van der Waals surface area (Å²) in [6.07, 6.45) is 6.45. The van der Waals surface area contributed by atoms with Crippen molar-refractivity contribution in [3.63, 3.8) is 0 Å². The van der Waals surface area contributed by atoms with E-state index in [0.717, 1.165) is 35.0 Å². The minimum atomic E-state index is 0.823. The summed E-state index contributed by atoms with van der Waals surface area (Å²) in [6, 6.07) is 2.03. The Morgan fingerprint density at radius 1 is 1.32 bits per heavy atom. The van der Waals surface area contributed by atoms with Crippen LogP contribution in [0.4, 0.5) is 5.82 Å². The number of fused-ring (bicyclic) bond motifs is 1. The number of nitrogens with zero attached hydrogens (tertiary/aromatic N) is 4. The lowest BCUT2D eigenvalue weighted by Gasteiger charge is -2.05. The second kappa shape index (κ2) is 4.97. The zero-order chi connectivity index (χ0) is 13.2. The Morgan fingerprint density at radius 2 is 2.21 bits per heavy atom. The Balaban J connectivity index is 1.71. The molecule has 0 atom stereocenters. The van der Waals surface area contributed by atoms with Gasteiger partial charge < -0.3 is 5.32 Å². The van der Waals surface area contributed by atoms with E-state index in [1.807, 2.05) is 29.9 Å². The summed E-state index contributed by atoms with van der Waals surface area (Å²) in [7, 11) is 0. The number of nitrogens with one attached hydrogen (secondary N) is 1. The largest absolute Gasteiger partial charge is 0.368 e. The van der Waals surface area contributed by atoms with Crippen LogP contribution in [-0.2, 0) is 6.42 Å². The predicted molar refractivity (Wildman–Crippen MR) is 76.8 cm³/mol. The molecule has 0 amide bonds. The first-order valence-corrected chi connectivity index (χ1v) is 7.00. The number of anilines is 1. The van der Waals surface area contributed by atoms with E-state index in [4.69, 9.17) is 0 Å². The van der Waals surface area contributed by atoms with Crippen LogP contribution in [0.15, 0.2) is 24.7 Å². The number of thiazole rings is 1. The average Bonchev–Trinajstić information content (AvgIpc) is 2.95. The van der Waals surface area contributed by atoms with Gasteiger partial charge in [-0.3, -0.25) is 0 Å². The van der Waals surface area contributed by atoms with E-state index >= 15 is 0 Å². The number of hydrogen-bond donors (Lipinski definition) is 1. The van der Waals surface area contributed by atoms with Gasteiger partial charge in [-0.1, -0.05) is 0 Å². The molecule has 0 unspecified atom stereocenters. The Morgan fingerprint density at radius 3 is 3.00 bits per heavy atom. The Kier molecular flexibility index (Phi) is 3.16. The molecule has 3 heterocycles. The van der Waals surface area contributed by atoms with Crippen LogP contribution in [0.3, 0.4) is 0 Å². The molecule has 0 aliphatic rings. The van der Waals surface area contributed by atoms with Gasteiger partial charge in [0.15, 0.2) is 5.82 Å². The molecule has 1 N–H and O–H groups in total. The van der Waals surface area contributed by atoms with Gasteiger partial charge in [-0.2, -0.15) is 5.10 Å². The molecule has 0 fully saturated rings. The van der Waals surface area contributed by atoms with Gasteiger partial charge in [-0.05, 0) is 19.9 Å². The monoisotopic (exact) mass is 273 g/mol. The lowest BCUT2D eigenvalue weighted by molar-refractivity contribution is 0.916. The second-order valence-corrected chi connectivity index (χ2v) is 5.75. The molecular weight excluding hydrogens is 258 g/mol. The standard InChI is InChI=1S/C13H15N5S/c1-9-7-11-13(15-5-6-18(11)17-9)14-4-3-12-16-8-10(2)19-12/h5-8H,3-4H2,1-2H3,(H,14,15). The Hall–Kier alpha value is -1.95. The molecule has 0 aromatic carbocycles. The van der Waals surface area contributed by atoms with Crippen molar-refractivity contribution in [3.05, 3.63) is 40.2 Å². The molecule has 5 nitrogen and oxygen atoms in total. The predicted octanol–water partition coefficient (Wildman–Crippen LogP) is 2.46. The van der Waals surface area contributed by atoms with E-state index in [1.165, 1.54) is 4.88 Å². The third-order valence-electron chi connectivity index (χ3n) is 2.81. The normalized spacial score (nSPS) is 11.1. The Bertz CT molecular complexity index is 700. The van der Waals surface area contributed by atoms with E-state index in [2.05, 4.69) is 27.3 Å². The van der Waals surface area contributed by atoms with Gasteiger partial charge >= 0.3 is 0 Å². The van der Waals surface area contributed by atoms with Gasteiger partial charge in [0.05, 0.1) is 10.7 Å². The first-order chi connectivity index (χ1) is 9.22. The minimum absolute atomic E-state index is 0.823. The van der Waals surface area contributed by atoms with Gasteiger partial charge in [-0.15, -0.1) is 11.3 Å². The second-order valence-electron chi connectivity index (χ2n) is 4.43. The fourth-order valence-corrected chi connectivity index (χ4v) is 2.77. The molecule has 0 saturated heterocycles. The summed E-state index contributed by atoms with van der Waals surface area (Å²) in [5.41, 5.74) is 2.00. The van der Waals surface area contributed by atoms with Gasteiger partial charge in [0.2, 0.25) is 0 Å². The summed E-state index contributed by atoms with van der Waals surface area (Å²) in [5, 5.41) is 8.88. The smallest absolute Gasteiger partial charge is 0.152 e. The summed E-state index contributed by atoms with van der Waals surface area (Å²) in [4.78, 5) is 9.97. The van der Waals surface area contributed by atoms with Crippen LogP contribution in [-0.4, -0.2) is 26.1 Å². The van der Waals surface area contributed by atoms with Crippen LogP contribution in [0.2, 0.25) is 0 Å². The molecule has 0 aliphatic heterocycles. The quantitative estimate of drug-likeness (QED) is 0.793. The van der Waals surface area contributed by atoms with Crippen molar-refractivity contribution < 1.29 is 0 Å². The van der Waals surface area contributed by atoms with Gasteiger partial charge in [-0.25, -0.2) is 14.5 Å². The summed E-state index contributed by atoms with van der Waals surface area (Å²) >= 11 is 1.74. The number of aromatic nitrogens is 4. The van der Waals surface area contributed by atoms with Crippen molar-refractivity contribution >= 4 is 22.7 Å². The fraction of sp³-hybridized carbons (Fsp3) is 0.308. The van der Waals surface area contributed by atoms with Crippen LogP contribution in [0.5, 0.6) is 0 Å². The third kappa shape index (κ3) is 2.58. The van der Waals surface area contributed by atoms with Crippen LogP contribution in [0.1, 0.15) is 15.6 Å². The van der Waals surface area contributed by atoms with Crippen LogP contribution in [0, 0.1) is 13.8 Å². The maximum atomic E-state index is 4.37. The van der Waals surface area contributed by atoms with Gasteiger partial charge in [0, 0.05) is 36.4 Å². The van der Waals surface area contributed by atoms with Crippen LogP contribution in [0.25, 0.3) is 5.52 Å². The summed E-state index contributed by atoms with van der Waals surface area (Å²) < 4.78 is 1.85. The minimum Gasteiger partial charge on any atom is -0.368 e. The molecule has 0 saturated carbocycles.